The summed E-state index contributed by atoms with van der Waals surface area (Å²) >= 11 is 5.02. The Morgan fingerprint density at radius 3 is 2.87 bits per heavy atom. The van der Waals surface area contributed by atoms with Crippen LogP contribution in [0.1, 0.15) is 22.5 Å². The van der Waals surface area contributed by atoms with Crippen LogP contribution in [-0.2, 0) is 6.42 Å². The topological polar surface area (TPSA) is 33.4 Å². The van der Waals surface area contributed by atoms with E-state index in [-0.39, 0.29) is 0 Å². The summed E-state index contributed by atoms with van der Waals surface area (Å²) in [5.74, 6) is 1.47. The number of hydrogen-bond acceptors (Lipinski definition) is 3. The summed E-state index contributed by atoms with van der Waals surface area (Å²) < 4.78 is 6.43. The van der Waals surface area contributed by atoms with Crippen LogP contribution >= 0.6 is 27.3 Å². The zero-order valence-electron chi connectivity index (χ0n) is 8.24. The molecule has 2 nitrogen and oxygen atoms in total. The third-order valence-corrected chi connectivity index (χ3v) is 3.83. The van der Waals surface area contributed by atoms with Gasteiger partial charge in [-0.1, -0.05) is 0 Å². The van der Waals surface area contributed by atoms with E-state index in [4.69, 9.17) is 4.42 Å². The molecule has 2 aromatic rings. The van der Waals surface area contributed by atoms with Gasteiger partial charge in [-0.25, -0.2) is 0 Å². The molecule has 0 spiro atoms. The fraction of sp³-hybridized carbons (Fsp3) is 0.273. The van der Waals surface area contributed by atoms with E-state index >= 15 is 0 Å². The summed E-state index contributed by atoms with van der Waals surface area (Å²) in [7, 11) is 0. The van der Waals surface area contributed by atoms with Crippen molar-refractivity contribution in [2.24, 2.45) is 0 Å². The van der Waals surface area contributed by atoms with Gasteiger partial charge < -0.3 is 9.52 Å². The molecule has 0 bridgehead atoms. The van der Waals surface area contributed by atoms with Crippen LogP contribution in [0.15, 0.2) is 32.5 Å². The number of aliphatic hydroxyl groups excluding tert-OH is 1. The summed E-state index contributed by atoms with van der Waals surface area (Å²) in [4.78, 5) is 1.14. The number of rotatable bonds is 3. The van der Waals surface area contributed by atoms with Gasteiger partial charge in [-0.2, -0.15) is 0 Å². The molecule has 0 aliphatic carbocycles. The van der Waals surface area contributed by atoms with E-state index < -0.39 is 6.10 Å². The Morgan fingerprint density at radius 1 is 1.53 bits per heavy atom. The quantitative estimate of drug-likeness (QED) is 0.934. The Hall–Kier alpha value is -0.580. The van der Waals surface area contributed by atoms with E-state index in [0.29, 0.717) is 12.2 Å². The van der Waals surface area contributed by atoms with Crippen molar-refractivity contribution < 1.29 is 9.52 Å². The maximum absolute atomic E-state index is 9.89. The predicted molar refractivity (Wildman–Crippen MR) is 64.1 cm³/mol. The maximum Gasteiger partial charge on any atom is 0.133 e. The molecule has 4 heteroatoms. The van der Waals surface area contributed by atoms with Crippen LogP contribution in [0, 0.1) is 6.92 Å². The average Bonchev–Trinajstić information content (AvgIpc) is 2.75. The first-order valence-corrected chi connectivity index (χ1v) is 6.30. The van der Waals surface area contributed by atoms with Crippen LogP contribution in [0.3, 0.4) is 0 Å². The van der Waals surface area contributed by atoms with Crippen LogP contribution in [0.4, 0.5) is 0 Å². The van der Waals surface area contributed by atoms with E-state index in [2.05, 4.69) is 15.9 Å². The number of aryl methyl sites for hydroxylation is 1. The smallest absolute Gasteiger partial charge is 0.133 e. The standard InChI is InChI=1S/C11H11BrO2S/c1-7-2-3-11(14-7)10(13)5-9-4-8(12)6-15-9/h2-4,6,10,13H,5H2,1H3. The zero-order valence-corrected chi connectivity index (χ0v) is 10.6. The van der Waals surface area contributed by atoms with E-state index in [9.17, 15) is 5.11 Å². The average molecular weight is 287 g/mol. The molecule has 0 radical (unpaired) electrons. The van der Waals surface area contributed by atoms with Crippen molar-refractivity contribution in [3.63, 3.8) is 0 Å². The zero-order chi connectivity index (χ0) is 10.8. The first-order chi connectivity index (χ1) is 7.15. The fourth-order valence-electron chi connectivity index (χ4n) is 1.38. The molecule has 0 fully saturated rings. The highest BCUT2D eigenvalue weighted by Gasteiger charge is 2.13. The molecule has 1 unspecified atom stereocenters. The van der Waals surface area contributed by atoms with Gasteiger partial charge in [0.2, 0.25) is 0 Å². The molecule has 2 heterocycles. The minimum Gasteiger partial charge on any atom is -0.464 e. The summed E-state index contributed by atoms with van der Waals surface area (Å²) in [6.45, 7) is 1.87. The highest BCUT2D eigenvalue weighted by molar-refractivity contribution is 9.10. The van der Waals surface area contributed by atoms with Crippen LogP contribution in [0.25, 0.3) is 0 Å². The molecular formula is C11H11BrO2S. The Kier molecular flexibility index (Phi) is 3.29. The Labute approximate surface area is 101 Å². The highest BCUT2D eigenvalue weighted by atomic mass is 79.9. The van der Waals surface area contributed by atoms with Gasteiger partial charge in [0.25, 0.3) is 0 Å². The molecular weight excluding hydrogens is 276 g/mol. The van der Waals surface area contributed by atoms with Crippen molar-refractivity contribution in [2.45, 2.75) is 19.4 Å². The summed E-state index contributed by atoms with van der Waals surface area (Å²) in [6, 6.07) is 5.70. The van der Waals surface area contributed by atoms with Crippen molar-refractivity contribution in [3.8, 4) is 0 Å². The van der Waals surface area contributed by atoms with Gasteiger partial charge >= 0.3 is 0 Å². The van der Waals surface area contributed by atoms with Gasteiger partial charge in [0.15, 0.2) is 0 Å². The number of halogens is 1. The van der Waals surface area contributed by atoms with Gasteiger partial charge in [0, 0.05) is 21.2 Å². The van der Waals surface area contributed by atoms with Crippen LogP contribution in [0.5, 0.6) is 0 Å². The van der Waals surface area contributed by atoms with Crippen molar-refractivity contribution in [1.29, 1.82) is 0 Å². The molecule has 0 aliphatic rings. The third kappa shape index (κ3) is 2.71. The lowest BCUT2D eigenvalue weighted by Crippen LogP contribution is -1.98. The molecule has 0 saturated carbocycles. The molecule has 1 atom stereocenters. The molecule has 0 amide bonds. The van der Waals surface area contributed by atoms with Gasteiger partial charge in [-0.3, -0.25) is 0 Å². The number of aliphatic hydroxyl groups is 1. The second kappa shape index (κ2) is 4.51. The fourth-order valence-corrected chi connectivity index (χ4v) is 2.87. The molecule has 0 saturated heterocycles. The lowest BCUT2D eigenvalue weighted by Gasteiger charge is -2.05. The number of thiophene rings is 1. The monoisotopic (exact) mass is 286 g/mol. The normalized spacial score (nSPS) is 13.0. The van der Waals surface area contributed by atoms with Crippen LogP contribution in [0.2, 0.25) is 0 Å². The SMILES string of the molecule is Cc1ccc(C(O)Cc2cc(Br)cs2)o1. The van der Waals surface area contributed by atoms with E-state index in [1.165, 1.54) is 0 Å². The molecule has 80 valence electrons. The maximum atomic E-state index is 9.89. The summed E-state index contributed by atoms with van der Waals surface area (Å²) in [5, 5.41) is 11.9. The number of hydrogen-bond donors (Lipinski definition) is 1. The van der Waals surface area contributed by atoms with Gasteiger partial charge in [0.1, 0.15) is 17.6 Å². The second-order valence-electron chi connectivity index (χ2n) is 3.40. The Bertz CT molecular complexity index is 447. The van der Waals surface area contributed by atoms with E-state index in [1.807, 2.05) is 30.5 Å². The van der Waals surface area contributed by atoms with E-state index in [1.54, 1.807) is 11.3 Å². The minimum atomic E-state index is -0.552. The minimum absolute atomic E-state index is 0.552. The molecule has 15 heavy (non-hydrogen) atoms. The van der Waals surface area contributed by atoms with E-state index in [0.717, 1.165) is 15.1 Å². The van der Waals surface area contributed by atoms with Gasteiger partial charge in [-0.15, -0.1) is 11.3 Å². The largest absolute Gasteiger partial charge is 0.464 e. The molecule has 2 aromatic heterocycles. The number of furan rings is 1. The molecule has 2 rings (SSSR count). The lowest BCUT2D eigenvalue weighted by atomic mass is 10.2. The van der Waals surface area contributed by atoms with Gasteiger partial charge in [-0.05, 0) is 41.1 Å². The molecule has 0 aliphatic heterocycles. The predicted octanol–water partition coefficient (Wildman–Crippen LogP) is 3.69. The Balaban J connectivity index is 2.06. The van der Waals surface area contributed by atoms with Crippen LogP contribution < -0.4 is 0 Å². The summed E-state index contributed by atoms with van der Waals surface area (Å²) in [5.41, 5.74) is 0. The van der Waals surface area contributed by atoms with Crippen molar-refractivity contribution in [3.05, 3.63) is 44.4 Å². The van der Waals surface area contributed by atoms with Crippen molar-refractivity contribution in [2.75, 3.05) is 0 Å². The van der Waals surface area contributed by atoms with Crippen molar-refractivity contribution >= 4 is 27.3 Å². The third-order valence-electron chi connectivity index (χ3n) is 2.11. The summed E-state index contributed by atoms with van der Waals surface area (Å²) in [6.07, 6.45) is 0.0488. The van der Waals surface area contributed by atoms with Crippen LogP contribution in [-0.4, -0.2) is 5.11 Å². The van der Waals surface area contributed by atoms with Crippen molar-refractivity contribution in [1.82, 2.24) is 0 Å². The Morgan fingerprint density at radius 2 is 2.33 bits per heavy atom. The first kappa shape index (κ1) is 10.9. The lowest BCUT2D eigenvalue weighted by molar-refractivity contribution is 0.149. The highest BCUT2D eigenvalue weighted by Crippen LogP contribution is 2.26. The second-order valence-corrected chi connectivity index (χ2v) is 5.31. The molecule has 1 N–H and O–H groups in total. The molecule has 0 aromatic carbocycles. The van der Waals surface area contributed by atoms with Gasteiger partial charge in [0.05, 0.1) is 0 Å². The first-order valence-electron chi connectivity index (χ1n) is 4.62.